The quantitative estimate of drug-likeness (QED) is 0.639. The van der Waals surface area contributed by atoms with Crippen LogP contribution >= 0.6 is 15.9 Å². The second-order valence-corrected chi connectivity index (χ2v) is 5.79. The summed E-state index contributed by atoms with van der Waals surface area (Å²) in [6.45, 7) is 5.26. The third kappa shape index (κ3) is 4.97. The van der Waals surface area contributed by atoms with Gasteiger partial charge in [-0.25, -0.2) is 0 Å². The Morgan fingerprint density at radius 3 is 2.67 bits per heavy atom. The van der Waals surface area contributed by atoms with Gasteiger partial charge in [0, 0.05) is 29.7 Å². The van der Waals surface area contributed by atoms with Gasteiger partial charge in [0.15, 0.2) is 0 Å². The average Bonchev–Trinajstić information content (AvgIpc) is 2.91. The number of benzene rings is 1. The van der Waals surface area contributed by atoms with E-state index in [-0.39, 0.29) is 6.61 Å². The molecule has 0 aliphatic rings. The lowest BCUT2D eigenvalue weighted by Crippen LogP contribution is -2.28. The summed E-state index contributed by atoms with van der Waals surface area (Å²) in [5.41, 5.74) is 2.31. The van der Waals surface area contributed by atoms with E-state index in [9.17, 15) is 0 Å². The Bertz CT molecular complexity index is 569. The zero-order valence-corrected chi connectivity index (χ0v) is 13.7. The highest BCUT2D eigenvalue weighted by Gasteiger charge is 2.07. The van der Waals surface area contributed by atoms with E-state index >= 15 is 0 Å². The van der Waals surface area contributed by atoms with Gasteiger partial charge in [0.05, 0.1) is 13.2 Å². The molecule has 0 saturated carbocycles. The number of furan rings is 1. The van der Waals surface area contributed by atoms with Crippen LogP contribution in [0.15, 0.2) is 39.2 Å². The van der Waals surface area contributed by atoms with Crippen molar-refractivity contribution in [1.82, 2.24) is 10.6 Å². The molecule has 5 heteroatoms. The summed E-state index contributed by atoms with van der Waals surface area (Å²) in [6, 6.07) is 10.2. The van der Waals surface area contributed by atoms with Crippen LogP contribution in [0.25, 0.3) is 11.3 Å². The Morgan fingerprint density at radius 1 is 1.10 bits per heavy atom. The van der Waals surface area contributed by atoms with Crippen molar-refractivity contribution >= 4 is 15.9 Å². The Labute approximate surface area is 133 Å². The van der Waals surface area contributed by atoms with Crippen molar-refractivity contribution < 1.29 is 9.52 Å². The number of rotatable bonds is 8. The number of aryl methyl sites for hydroxylation is 1. The molecular formula is C16H21BrN2O2. The number of halogens is 1. The van der Waals surface area contributed by atoms with E-state index in [1.807, 2.05) is 18.2 Å². The Balaban J connectivity index is 1.86. The van der Waals surface area contributed by atoms with Gasteiger partial charge >= 0.3 is 0 Å². The molecule has 21 heavy (non-hydrogen) atoms. The van der Waals surface area contributed by atoms with Gasteiger partial charge in [-0.3, -0.25) is 0 Å². The highest BCUT2D eigenvalue weighted by molar-refractivity contribution is 9.10. The molecule has 114 valence electrons. The van der Waals surface area contributed by atoms with Gasteiger partial charge < -0.3 is 20.2 Å². The van der Waals surface area contributed by atoms with Crippen LogP contribution in [0.5, 0.6) is 0 Å². The monoisotopic (exact) mass is 352 g/mol. The fourth-order valence-corrected chi connectivity index (χ4v) is 2.59. The molecule has 0 atom stereocenters. The van der Waals surface area contributed by atoms with Crippen LogP contribution in [-0.4, -0.2) is 31.3 Å². The lowest BCUT2D eigenvalue weighted by Gasteiger charge is -2.05. The molecule has 0 amide bonds. The van der Waals surface area contributed by atoms with Gasteiger partial charge in [0.1, 0.15) is 11.5 Å². The van der Waals surface area contributed by atoms with E-state index in [0.717, 1.165) is 34.6 Å². The number of aliphatic hydroxyl groups is 1. The number of hydrogen-bond donors (Lipinski definition) is 3. The van der Waals surface area contributed by atoms with Crippen molar-refractivity contribution in [2.24, 2.45) is 0 Å². The lowest BCUT2D eigenvalue weighted by atomic mass is 10.1. The summed E-state index contributed by atoms with van der Waals surface area (Å²) < 4.78 is 6.96. The predicted molar refractivity (Wildman–Crippen MR) is 88.2 cm³/mol. The Kier molecular flexibility index (Phi) is 6.45. The summed E-state index contributed by atoms with van der Waals surface area (Å²) in [6.07, 6.45) is 0. The molecule has 0 aliphatic carbocycles. The molecule has 1 heterocycles. The summed E-state index contributed by atoms with van der Waals surface area (Å²) >= 11 is 3.47. The van der Waals surface area contributed by atoms with E-state index < -0.39 is 0 Å². The lowest BCUT2D eigenvalue weighted by molar-refractivity contribution is 0.292. The first kappa shape index (κ1) is 16.2. The van der Waals surface area contributed by atoms with Crippen LogP contribution in [0.1, 0.15) is 11.3 Å². The van der Waals surface area contributed by atoms with E-state index in [1.54, 1.807) is 0 Å². The van der Waals surface area contributed by atoms with Crippen LogP contribution in [0.3, 0.4) is 0 Å². The van der Waals surface area contributed by atoms with Crippen molar-refractivity contribution in [2.75, 3.05) is 26.2 Å². The number of hydrogen-bond acceptors (Lipinski definition) is 4. The topological polar surface area (TPSA) is 57.4 Å². The molecule has 1 aromatic carbocycles. The molecule has 4 nitrogen and oxygen atoms in total. The average molecular weight is 353 g/mol. The van der Waals surface area contributed by atoms with E-state index in [4.69, 9.17) is 9.52 Å². The van der Waals surface area contributed by atoms with Crippen molar-refractivity contribution in [3.63, 3.8) is 0 Å². The maximum Gasteiger partial charge on any atom is 0.134 e. The van der Waals surface area contributed by atoms with Crippen LogP contribution in [0, 0.1) is 6.92 Å². The second kappa shape index (κ2) is 8.34. The van der Waals surface area contributed by atoms with Gasteiger partial charge in [-0.1, -0.05) is 15.9 Å². The first-order valence-corrected chi connectivity index (χ1v) is 7.87. The maximum absolute atomic E-state index is 8.65. The van der Waals surface area contributed by atoms with Gasteiger partial charge in [0.25, 0.3) is 0 Å². The minimum absolute atomic E-state index is 0.175. The van der Waals surface area contributed by atoms with Gasteiger partial charge in [-0.2, -0.15) is 0 Å². The van der Waals surface area contributed by atoms with Crippen molar-refractivity contribution in [3.05, 3.63) is 46.1 Å². The van der Waals surface area contributed by atoms with Gasteiger partial charge in [-0.15, -0.1) is 0 Å². The first-order valence-electron chi connectivity index (χ1n) is 7.08. The molecular weight excluding hydrogens is 332 g/mol. The van der Waals surface area contributed by atoms with Crippen LogP contribution in [-0.2, 0) is 6.54 Å². The standard InChI is InChI=1S/C16H21BrN2O2/c1-12-10-13(17)2-4-15(12)16-5-3-14(21-16)11-19-7-6-18-8-9-20/h2-5,10,18-20H,6-9,11H2,1H3. The van der Waals surface area contributed by atoms with E-state index in [2.05, 4.69) is 45.6 Å². The van der Waals surface area contributed by atoms with Crippen LogP contribution in [0.4, 0.5) is 0 Å². The fourth-order valence-electron chi connectivity index (χ4n) is 2.11. The minimum atomic E-state index is 0.175. The molecule has 0 fully saturated rings. The third-order valence-corrected chi connectivity index (χ3v) is 3.68. The summed E-state index contributed by atoms with van der Waals surface area (Å²) in [5.74, 6) is 1.82. The summed E-state index contributed by atoms with van der Waals surface area (Å²) in [5, 5.41) is 15.1. The van der Waals surface area contributed by atoms with Crippen molar-refractivity contribution in [2.45, 2.75) is 13.5 Å². The molecule has 0 radical (unpaired) electrons. The van der Waals surface area contributed by atoms with Crippen LogP contribution < -0.4 is 10.6 Å². The molecule has 0 aliphatic heterocycles. The number of aliphatic hydroxyl groups excluding tert-OH is 1. The Hall–Kier alpha value is -1.14. The van der Waals surface area contributed by atoms with Crippen molar-refractivity contribution in [1.29, 1.82) is 0 Å². The molecule has 3 N–H and O–H groups in total. The molecule has 1 aromatic heterocycles. The maximum atomic E-state index is 8.65. The van der Waals surface area contributed by atoms with Gasteiger partial charge in [-0.05, 0) is 42.8 Å². The molecule has 2 aromatic rings. The van der Waals surface area contributed by atoms with E-state index in [1.165, 1.54) is 5.56 Å². The van der Waals surface area contributed by atoms with E-state index in [0.29, 0.717) is 13.1 Å². The van der Waals surface area contributed by atoms with Crippen molar-refractivity contribution in [3.8, 4) is 11.3 Å². The van der Waals surface area contributed by atoms with Crippen LogP contribution in [0.2, 0.25) is 0 Å². The third-order valence-electron chi connectivity index (χ3n) is 3.18. The highest BCUT2D eigenvalue weighted by Crippen LogP contribution is 2.27. The summed E-state index contributed by atoms with van der Waals surface area (Å²) in [4.78, 5) is 0. The fraction of sp³-hybridized carbons (Fsp3) is 0.375. The predicted octanol–water partition coefficient (Wildman–Crippen LogP) is 2.69. The zero-order chi connectivity index (χ0) is 15.1. The zero-order valence-electron chi connectivity index (χ0n) is 12.2. The SMILES string of the molecule is Cc1cc(Br)ccc1-c1ccc(CNCCNCCO)o1. The Morgan fingerprint density at radius 2 is 1.90 bits per heavy atom. The minimum Gasteiger partial charge on any atom is -0.460 e. The summed E-state index contributed by atoms with van der Waals surface area (Å²) in [7, 11) is 0. The number of nitrogens with one attached hydrogen (secondary N) is 2. The molecule has 0 unspecified atom stereocenters. The largest absolute Gasteiger partial charge is 0.460 e. The first-order chi connectivity index (χ1) is 10.2. The normalized spacial score (nSPS) is 11.0. The smallest absolute Gasteiger partial charge is 0.134 e. The molecule has 0 bridgehead atoms. The molecule has 0 saturated heterocycles. The van der Waals surface area contributed by atoms with Gasteiger partial charge in [0.2, 0.25) is 0 Å². The molecule has 2 rings (SSSR count). The second-order valence-electron chi connectivity index (χ2n) is 4.88. The highest BCUT2D eigenvalue weighted by atomic mass is 79.9. The molecule has 0 spiro atoms.